The summed E-state index contributed by atoms with van der Waals surface area (Å²) in [4.78, 5) is 25.0. The van der Waals surface area contributed by atoms with E-state index in [2.05, 4.69) is 10.9 Å². The van der Waals surface area contributed by atoms with Crippen LogP contribution in [-0.4, -0.2) is 26.2 Å². The molecule has 92 valence electrons. The molecule has 2 N–H and O–H groups in total. The van der Waals surface area contributed by atoms with Gasteiger partial charge in [-0.3, -0.25) is 14.3 Å². The summed E-state index contributed by atoms with van der Waals surface area (Å²) in [6.07, 6.45) is 5.47. The maximum absolute atomic E-state index is 11.5. The van der Waals surface area contributed by atoms with Gasteiger partial charge in [0, 0.05) is 12.3 Å². The highest BCUT2D eigenvalue weighted by molar-refractivity contribution is 7.99. The molecule has 1 rings (SSSR count). The topological polar surface area (TPSA) is 75.1 Å². The van der Waals surface area contributed by atoms with E-state index in [1.54, 1.807) is 6.92 Å². The number of terminal acetylenes is 1. The largest absolute Gasteiger partial charge is 0.494 e. The monoisotopic (exact) mass is 254 g/mol. The zero-order valence-corrected chi connectivity index (χ0v) is 10.3. The summed E-state index contributed by atoms with van der Waals surface area (Å²) in [6.45, 7) is 2.06. The fourth-order valence-electron chi connectivity index (χ4n) is 1.41. The van der Waals surface area contributed by atoms with Gasteiger partial charge in [-0.2, -0.15) is 0 Å². The van der Waals surface area contributed by atoms with Gasteiger partial charge in [-0.25, -0.2) is 4.79 Å². The van der Waals surface area contributed by atoms with Crippen LogP contribution in [-0.2, 0) is 13.0 Å². The molecular weight excluding hydrogens is 240 g/mol. The van der Waals surface area contributed by atoms with E-state index in [1.807, 2.05) is 0 Å². The molecule has 0 atom stereocenters. The Hall–Kier alpha value is -1.61. The predicted octanol–water partition coefficient (Wildman–Crippen LogP) is 0.171. The molecule has 0 saturated carbocycles. The number of hydrogen-bond donors (Lipinski definition) is 2. The zero-order valence-electron chi connectivity index (χ0n) is 9.52. The van der Waals surface area contributed by atoms with Crippen molar-refractivity contribution in [2.24, 2.45) is 0 Å². The molecular formula is C11H14N2O3S. The molecule has 0 aliphatic carbocycles. The molecule has 0 amide bonds. The van der Waals surface area contributed by atoms with Gasteiger partial charge >= 0.3 is 5.69 Å². The Bertz CT molecular complexity index is 539. The van der Waals surface area contributed by atoms with Crippen LogP contribution in [0.3, 0.4) is 0 Å². The molecule has 0 bridgehead atoms. The number of aromatic nitrogens is 2. The van der Waals surface area contributed by atoms with Crippen molar-refractivity contribution in [2.45, 2.75) is 19.9 Å². The second kappa shape index (κ2) is 6.21. The maximum atomic E-state index is 11.5. The molecule has 0 radical (unpaired) electrons. The third kappa shape index (κ3) is 3.17. The van der Waals surface area contributed by atoms with Crippen molar-refractivity contribution in [2.75, 3.05) is 11.5 Å². The second-order valence-electron chi connectivity index (χ2n) is 3.32. The van der Waals surface area contributed by atoms with Crippen LogP contribution in [0.4, 0.5) is 0 Å². The first-order chi connectivity index (χ1) is 8.11. The Balaban J connectivity index is 2.96. The molecule has 0 aliphatic heterocycles. The summed E-state index contributed by atoms with van der Waals surface area (Å²) < 4.78 is 1.16. The van der Waals surface area contributed by atoms with Crippen molar-refractivity contribution in [3.8, 4) is 18.2 Å². The Morgan fingerprint density at radius 3 is 2.82 bits per heavy atom. The Labute approximate surface area is 103 Å². The van der Waals surface area contributed by atoms with Crippen LogP contribution in [0.25, 0.3) is 0 Å². The van der Waals surface area contributed by atoms with Crippen LogP contribution in [0.1, 0.15) is 12.5 Å². The average Bonchev–Trinajstić information content (AvgIpc) is 2.28. The van der Waals surface area contributed by atoms with Crippen molar-refractivity contribution >= 4 is 11.8 Å². The summed E-state index contributed by atoms with van der Waals surface area (Å²) >= 11 is 1.48. The minimum absolute atomic E-state index is 0.228. The van der Waals surface area contributed by atoms with E-state index in [-0.39, 0.29) is 11.4 Å². The summed E-state index contributed by atoms with van der Waals surface area (Å²) in [7, 11) is 0. The lowest BCUT2D eigenvalue weighted by molar-refractivity contribution is 0.399. The van der Waals surface area contributed by atoms with E-state index < -0.39 is 11.2 Å². The maximum Gasteiger partial charge on any atom is 0.331 e. The molecule has 0 spiro atoms. The quantitative estimate of drug-likeness (QED) is 0.580. The molecule has 0 aliphatic rings. The number of rotatable bonds is 5. The Kier molecular flexibility index (Phi) is 4.91. The SMILES string of the molecule is C#CCSCCn1c(O)c(CC)c(=O)[nH]c1=O. The first-order valence-electron chi connectivity index (χ1n) is 5.18. The second-order valence-corrected chi connectivity index (χ2v) is 4.43. The normalized spacial score (nSPS) is 10.1. The molecule has 0 aromatic carbocycles. The van der Waals surface area contributed by atoms with Crippen LogP contribution in [0.5, 0.6) is 5.88 Å². The predicted molar refractivity (Wildman–Crippen MR) is 68.5 cm³/mol. The van der Waals surface area contributed by atoms with E-state index in [0.717, 1.165) is 4.57 Å². The molecule has 0 unspecified atom stereocenters. The third-order valence-electron chi connectivity index (χ3n) is 2.26. The molecule has 0 fully saturated rings. The summed E-state index contributed by atoms with van der Waals surface area (Å²) in [5.74, 6) is 3.38. The lowest BCUT2D eigenvalue weighted by Crippen LogP contribution is -2.32. The number of aromatic amines is 1. The molecule has 1 aromatic rings. The lowest BCUT2D eigenvalue weighted by atomic mass is 10.2. The molecule has 1 heterocycles. The van der Waals surface area contributed by atoms with E-state index in [4.69, 9.17) is 6.42 Å². The fraction of sp³-hybridized carbons (Fsp3) is 0.455. The van der Waals surface area contributed by atoms with Crippen molar-refractivity contribution in [1.29, 1.82) is 0 Å². The molecule has 6 heteroatoms. The van der Waals surface area contributed by atoms with Gasteiger partial charge in [-0.1, -0.05) is 12.8 Å². The van der Waals surface area contributed by atoms with Gasteiger partial charge in [-0.05, 0) is 6.42 Å². The van der Waals surface area contributed by atoms with Crippen molar-refractivity contribution in [3.63, 3.8) is 0 Å². The third-order valence-corrected chi connectivity index (χ3v) is 3.11. The Morgan fingerprint density at radius 2 is 2.24 bits per heavy atom. The molecule has 17 heavy (non-hydrogen) atoms. The number of nitrogens with zero attached hydrogens (tertiary/aromatic N) is 1. The first-order valence-corrected chi connectivity index (χ1v) is 6.33. The van der Waals surface area contributed by atoms with E-state index in [1.165, 1.54) is 11.8 Å². The molecule has 5 nitrogen and oxygen atoms in total. The minimum Gasteiger partial charge on any atom is -0.494 e. The highest BCUT2D eigenvalue weighted by atomic mass is 32.2. The average molecular weight is 254 g/mol. The molecule has 1 aromatic heterocycles. The highest BCUT2D eigenvalue weighted by Crippen LogP contribution is 2.11. The summed E-state index contributed by atoms with van der Waals surface area (Å²) in [5, 5.41) is 9.80. The van der Waals surface area contributed by atoms with Crippen LogP contribution in [0.15, 0.2) is 9.59 Å². The van der Waals surface area contributed by atoms with Gasteiger partial charge in [-0.15, -0.1) is 18.2 Å². The zero-order chi connectivity index (χ0) is 12.8. The molecule has 0 saturated heterocycles. The lowest BCUT2D eigenvalue weighted by Gasteiger charge is -2.09. The van der Waals surface area contributed by atoms with Crippen molar-refractivity contribution in [1.82, 2.24) is 9.55 Å². The van der Waals surface area contributed by atoms with Crippen LogP contribution < -0.4 is 11.2 Å². The van der Waals surface area contributed by atoms with Gasteiger partial charge in [0.25, 0.3) is 5.56 Å². The summed E-state index contributed by atoms with van der Waals surface area (Å²) in [5.41, 5.74) is -0.889. The van der Waals surface area contributed by atoms with Gasteiger partial charge in [0.15, 0.2) is 0 Å². The van der Waals surface area contributed by atoms with E-state index >= 15 is 0 Å². The van der Waals surface area contributed by atoms with E-state index in [0.29, 0.717) is 24.5 Å². The Morgan fingerprint density at radius 1 is 1.53 bits per heavy atom. The minimum atomic E-state index is -0.592. The number of aromatic hydroxyl groups is 1. The van der Waals surface area contributed by atoms with E-state index in [9.17, 15) is 14.7 Å². The standard InChI is InChI=1S/C11H14N2O3S/c1-3-6-17-7-5-13-10(15)8(4-2)9(14)12-11(13)16/h1,15H,4-7H2,2H3,(H,12,14,16). The number of nitrogens with one attached hydrogen (secondary N) is 1. The smallest absolute Gasteiger partial charge is 0.331 e. The van der Waals surface area contributed by atoms with Crippen LogP contribution in [0, 0.1) is 12.3 Å². The first kappa shape index (κ1) is 13.5. The van der Waals surface area contributed by atoms with Gasteiger partial charge in [0.2, 0.25) is 5.88 Å². The van der Waals surface area contributed by atoms with Gasteiger partial charge in [0.1, 0.15) is 0 Å². The van der Waals surface area contributed by atoms with Gasteiger partial charge < -0.3 is 5.11 Å². The van der Waals surface area contributed by atoms with Crippen molar-refractivity contribution in [3.05, 3.63) is 26.4 Å². The van der Waals surface area contributed by atoms with Crippen LogP contribution in [0.2, 0.25) is 0 Å². The summed E-state index contributed by atoms with van der Waals surface area (Å²) in [6, 6.07) is 0. The van der Waals surface area contributed by atoms with Crippen molar-refractivity contribution < 1.29 is 5.11 Å². The number of hydrogen-bond acceptors (Lipinski definition) is 4. The highest BCUT2D eigenvalue weighted by Gasteiger charge is 2.11. The number of H-pyrrole nitrogens is 1. The van der Waals surface area contributed by atoms with Crippen LogP contribution >= 0.6 is 11.8 Å². The van der Waals surface area contributed by atoms with Gasteiger partial charge in [0.05, 0.1) is 11.3 Å². The number of thioether (sulfide) groups is 1. The fourth-order valence-corrected chi connectivity index (χ4v) is 1.99.